The molecule has 18 heavy (non-hydrogen) atoms. The number of halogens is 1. The molecule has 0 saturated carbocycles. The van der Waals surface area contributed by atoms with Gasteiger partial charge < -0.3 is 10.2 Å². The van der Waals surface area contributed by atoms with Gasteiger partial charge in [0.15, 0.2) is 0 Å². The highest BCUT2D eigenvalue weighted by molar-refractivity contribution is 9.10. The van der Waals surface area contributed by atoms with Crippen LogP contribution < -0.4 is 5.32 Å². The Morgan fingerprint density at radius 1 is 1.28 bits per heavy atom. The standard InChI is InChI=1S/C15H23BrN2/c1-12(2)18-9-7-14(8-10-18)17-11-13-5-3-4-6-15(13)16/h3-6,12,14,17H,7-11H2,1-2H3. The Balaban J connectivity index is 1.77. The van der Waals surface area contributed by atoms with Gasteiger partial charge in [0.2, 0.25) is 0 Å². The molecule has 0 bridgehead atoms. The Morgan fingerprint density at radius 2 is 1.94 bits per heavy atom. The van der Waals surface area contributed by atoms with Crippen LogP contribution in [0.25, 0.3) is 0 Å². The van der Waals surface area contributed by atoms with E-state index in [-0.39, 0.29) is 0 Å². The van der Waals surface area contributed by atoms with Gasteiger partial charge in [-0.3, -0.25) is 0 Å². The third kappa shape index (κ3) is 3.81. The molecule has 0 unspecified atom stereocenters. The summed E-state index contributed by atoms with van der Waals surface area (Å²) in [7, 11) is 0. The molecular formula is C15H23BrN2. The monoisotopic (exact) mass is 310 g/mol. The molecule has 0 aliphatic carbocycles. The fourth-order valence-corrected chi connectivity index (χ4v) is 2.94. The van der Waals surface area contributed by atoms with Crippen molar-refractivity contribution in [3.8, 4) is 0 Å². The Morgan fingerprint density at radius 3 is 2.56 bits per heavy atom. The van der Waals surface area contributed by atoms with Crippen LogP contribution in [-0.2, 0) is 6.54 Å². The smallest absolute Gasteiger partial charge is 0.0220 e. The van der Waals surface area contributed by atoms with Gasteiger partial charge in [0.05, 0.1) is 0 Å². The Kier molecular flexibility index (Phi) is 5.22. The van der Waals surface area contributed by atoms with Crippen molar-refractivity contribution in [3.63, 3.8) is 0 Å². The van der Waals surface area contributed by atoms with E-state index in [1.807, 2.05) is 0 Å². The molecule has 1 aliphatic rings. The summed E-state index contributed by atoms with van der Waals surface area (Å²) < 4.78 is 1.21. The van der Waals surface area contributed by atoms with E-state index in [1.165, 1.54) is 36.0 Å². The molecule has 0 radical (unpaired) electrons. The Labute approximate surface area is 119 Å². The van der Waals surface area contributed by atoms with E-state index in [2.05, 4.69) is 64.3 Å². The first kappa shape index (κ1) is 14.0. The molecule has 1 fully saturated rings. The van der Waals surface area contributed by atoms with Gasteiger partial charge in [-0.2, -0.15) is 0 Å². The van der Waals surface area contributed by atoms with Gasteiger partial charge in [0, 0.05) is 23.1 Å². The quantitative estimate of drug-likeness (QED) is 0.917. The predicted molar refractivity (Wildman–Crippen MR) is 80.7 cm³/mol. The Bertz CT molecular complexity index is 371. The molecule has 3 heteroatoms. The molecule has 1 heterocycles. The summed E-state index contributed by atoms with van der Waals surface area (Å²) in [5.74, 6) is 0. The zero-order chi connectivity index (χ0) is 13.0. The fraction of sp³-hybridized carbons (Fsp3) is 0.600. The number of nitrogens with zero attached hydrogens (tertiary/aromatic N) is 1. The molecular weight excluding hydrogens is 288 g/mol. The Hall–Kier alpha value is -0.380. The third-order valence-electron chi connectivity index (χ3n) is 3.80. The van der Waals surface area contributed by atoms with Crippen LogP contribution in [0.5, 0.6) is 0 Å². The number of hydrogen-bond acceptors (Lipinski definition) is 2. The first-order chi connectivity index (χ1) is 8.66. The number of benzene rings is 1. The number of rotatable bonds is 4. The third-order valence-corrected chi connectivity index (χ3v) is 4.57. The van der Waals surface area contributed by atoms with Crippen molar-refractivity contribution in [1.29, 1.82) is 0 Å². The normalized spacial score (nSPS) is 18.4. The van der Waals surface area contributed by atoms with Crippen LogP contribution in [0.15, 0.2) is 28.7 Å². The van der Waals surface area contributed by atoms with E-state index in [0.29, 0.717) is 12.1 Å². The summed E-state index contributed by atoms with van der Waals surface area (Å²) in [5.41, 5.74) is 1.35. The van der Waals surface area contributed by atoms with Crippen molar-refractivity contribution < 1.29 is 0 Å². The van der Waals surface area contributed by atoms with Gasteiger partial charge in [-0.25, -0.2) is 0 Å². The van der Waals surface area contributed by atoms with Gasteiger partial charge in [0.1, 0.15) is 0 Å². The SMILES string of the molecule is CC(C)N1CCC(NCc2ccccc2Br)CC1. The summed E-state index contributed by atoms with van der Waals surface area (Å²) in [5, 5.41) is 3.68. The maximum absolute atomic E-state index is 3.68. The fourth-order valence-electron chi connectivity index (χ4n) is 2.52. The van der Waals surface area contributed by atoms with Crippen LogP contribution in [0, 0.1) is 0 Å². The molecule has 1 N–H and O–H groups in total. The lowest BCUT2D eigenvalue weighted by Crippen LogP contribution is -2.44. The summed E-state index contributed by atoms with van der Waals surface area (Å²) in [6.45, 7) is 7.99. The molecule has 0 amide bonds. The topological polar surface area (TPSA) is 15.3 Å². The van der Waals surface area contributed by atoms with Gasteiger partial charge in [0.25, 0.3) is 0 Å². The van der Waals surface area contributed by atoms with Gasteiger partial charge in [-0.15, -0.1) is 0 Å². The predicted octanol–water partition coefficient (Wildman–Crippen LogP) is 3.41. The number of likely N-dealkylation sites (tertiary alicyclic amines) is 1. The van der Waals surface area contributed by atoms with Crippen LogP contribution in [0.3, 0.4) is 0 Å². The zero-order valence-corrected chi connectivity index (χ0v) is 12.9. The van der Waals surface area contributed by atoms with E-state index in [9.17, 15) is 0 Å². The van der Waals surface area contributed by atoms with Crippen molar-refractivity contribution in [3.05, 3.63) is 34.3 Å². The average molecular weight is 311 g/mol. The summed E-state index contributed by atoms with van der Waals surface area (Å²) >= 11 is 3.60. The van der Waals surface area contributed by atoms with Gasteiger partial charge >= 0.3 is 0 Å². The highest BCUT2D eigenvalue weighted by Gasteiger charge is 2.20. The minimum absolute atomic E-state index is 0.673. The molecule has 100 valence electrons. The number of hydrogen-bond donors (Lipinski definition) is 1. The van der Waals surface area contributed by atoms with Gasteiger partial charge in [-0.1, -0.05) is 34.1 Å². The molecule has 0 spiro atoms. The van der Waals surface area contributed by atoms with E-state index in [4.69, 9.17) is 0 Å². The van der Waals surface area contributed by atoms with Crippen molar-refractivity contribution >= 4 is 15.9 Å². The van der Waals surface area contributed by atoms with Crippen molar-refractivity contribution in [2.45, 2.75) is 45.3 Å². The molecule has 1 aliphatic heterocycles. The van der Waals surface area contributed by atoms with Crippen LogP contribution in [-0.4, -0.2) is 30.1 Å². The van der Waals surface area contributed by atoms with Crippen LogP contribution >= 0.6 is 15.9 Å². The van der Waals surface area contributed by atoms with Crippen LogP contribution in [0.4, 0.5) is 0 Å². The first-order valence-electron chi connectivity index (χ1n) is 6.87. The van der Waals surface area contributed by atoms with E-state index in [1.54, 1.807) is 0 Å². The second-order valence-corrected chi connectivity index (χ2v) is 6.23. The lowest BCUT2D eigenvalue weighted by molar-refractivity contribution is 0.161. The largest absolute Gasteiger partial charge is 0.310 e. The van der Waals surface area contributed by atoms with Crippen LogP contribution in [0.1, 0.15) is 32.3 Å². The maximum atomic E-state index is 3.68. The van der Waals surface area contributed by atoms with E-state index in [0.717, 1.165) is 6.54 Å². The molecule has 0 atom stereocenters. The summed E-state index contributed by atoms with van der Waals surface area (Å²) in [4.78, 5) is 2.57. The van der Waals surface area contributed by atoms with Gasteiger partial charge in [-0.05, 0) is 51.4 Å². The van der Waals surface area contributed by atoms with Crippen molar-refractivity contribution in [2.24, 2.45) is 0 Å². The molecule has 1 aromatic rings. The second-order valence-electron chi connectivity index (χ2n) is 5.38. The van der Waals surface area contributed by atoms with E-state index >= 15 is 0 Å². The molecule has 1 aromatic carbocycles. The second kappa shape index (κ2) is 6.69. The molecule has 2 rings (SSSR count). The highest BCUT2D eigenvalue weighted by atomic mass is 79.9. The summed E-state index contributed by atoms with van der Waals surface area (Å²) in [6, 6.07) is 9.82. The molecule has 1 saturated heterocycles. The molecule has 0 aromatic heterocycles. The highest BCUT2D eigenvalue weighted by Crippen LogP contribution is 2.17. The first-order valence-corrected chi connectivity index (χ1v) is 7.67. The lowest BCUT2D eigenvalue weighted by Gasteiger charge is -2.35. The summed E-state index contributed by atoms with van der Waals surface area (Å²) in [6.07, 6.45) is 2.53. The number of nitrogens with one attached hydrogen (secondary N) is 1. The average Bonchev–Trinajstić information content (AvgIpc) is 2.38. The maximum Gasteiger partial charge on any atom is 0.0220 e. The zero-order valence-electron chi connectivity index (χ0n) is 11.3. The van der Waals surface area contributed by atoms with Crippen LogP contribution in [0.2, 0.25) is 0 Å². The minimum Gasteiger partial charge on any atom is -0.310 e. The van der Waals surface area contributed by atoms with Crippen molar-refractivity contribution in [1.82, 2.24) is 10.2 Å². The minimum atomic E-state index is 0.673. The lowest BCUT2D eigenvalue weighted by atomic mass is 10.0. The van der Waals surface area contributed by atoms with Crippen molar-refractivity contribution in [2.75, 3.05) is 13.1 Å². The van der Waals surface area contributed by atoms with E-state index < -0.39 is 0 Å². The number of piperidine rings is 1. The molecule has 2 nitrogen and oxygen atoms in total.